The average Bonchev–Trinajstić information content (AvgIpc) is 3.19. The minimum Gasteiger partial charge on any atom is -0.379 e. The van der Waals surface area contributed by atoms with Crippen molar-refractivity contribution >= 4 is 11.5 Å². The highest BCUT2D eigenvalue weighted by atomic mass is 16.5. The van der Waals surface area contributed by atoms with Crippen LogP contribution in [0.25, 0.3) is 5.69 Å². The number of carbonyl (C=O) groups excluding carboxylic acids is 1. The molecule has 0 unspecified atom stereocenters. The molecule has 2 aromatic carbocycles. The largest absolute Gasteiger partial charge is 0.379 e. The fourth-order valence-corrected chi connectivity index (χ4v) is 5.67. The molecule has 1 heterocycles. The van der Waals surface area contributed by atoms with E-state index in [0.717, 1.165) is 66.0 Å². The van der Waals surface area contributed by atoms with Crippen molar-refractivity contribution in [3.8, 4) is 11.8 Å². The van der Waals surface area contributed by atoms with Gasteiger partial charge in [-0.05, 0) is 55.4 Å². The molecule has 3 aromatic rings. The number of rotatable bonds is 6. The number of nitrogens with one attached hydrogen (secondary N) is 1. The smallest absolute Gasteiger partial charge is 0.167 e. The number of ether oxygens (including phenoxy) is 1. The Labute approximate surface area is 213 Å². The van der Waals surface area contributed by atoms with Crippen LogP contribution in [0.2, 0.25) is 0 Å². The maximum atomic E-state index is 12.9. The van der Waals surface area contributed by atoms with Gasteiger partial charge < -0.3 is 10.1 Å². The fourth-order valence-electron chi connectivity index (χ4n) is 5.67. The highest BCUT2D eigenvalue weighted by molar-refractivity contribution is 5.99. The Bertz CT molecular complexity index is 1300. The predicted molar refractivity (Wildman–Crippen MR) is 140 cm³/mol. The molecular weight excluding hydrogens is 448 g/mol. The molecule has 36 heavy (non-hydrogen) atoms. The molecule has 6 nitrogen and oxygen atoms in total. The number of Topliss-reactive ketones (excluding diaryl/α,β-unsaturated/α-hetero) is 1. The zero-order valence-electron chi connectivity index (χ0n) is 21.4. The maximum absolute atomic E-state index is 12.9. The molecule has 1 fully saturated rings. The zero-order chi connectivity index (χ0) is 25.3. The zero-order valence-corrected chi connectivity index (χ0v) is 21.4. The first-order valence-corrected chi connectivity index (χ1v) is 12.9. The molecule has 2 aliphatic rings. The number of aryl methyl sites for hydroxylation is 1. The molecule has 0 saturated heterocycles. The minimum atomic E-state index is -0.104. The molecule has 1 aromatic heterocycles. The molecule has 2 atom stereocenters. The highest BCUT2D eigenvalue weighted by Gasteiger charge is 2.36. The van der Waals surface area contributed by atoms with Crippen LogP contribution >= 0.6 is 0 Å². The molecule has 0 radical (unpaired) electrons. The summed E-state index contributed by atoms with van der Waals surface area (Å²) in [5, 5.41) is 18.3. The SMILES string of the molecule is Cc1nn(-c2ccc(C#N)c(N[C@H]3CCCC[C@@H]3OCc3ccccc3)c2)c2c1C(=O)CC(C)(C)C2. The number of anilines is 1. The van der Waals surface area contributed by atoms with E-state index in [9.17, 15) is 10.1 Å². The molecule has 5 rings (SSSR count). The fraction of sp³-hybridized carbons (Fsp3) is 0.433. The molecule has 2 aliphatic carbocycles. The van der Waals surface area contributed by atoms with Gasteiger partial charge >= 0.3 is 0 Å². The van der Waals surface area contributed by atoms with Crippen molar-refractivity contribution in [2.75, 3.05) is 5.32 Å². The standard InChI is InChI=1S/C30H34N4O2/c1-20-29-26(16-30(2,3)17-27(29)35)34(33-20)23-14-13-22(18-31)25(15-23)32-24-11-7-8-12-28(24)36-19-21-9-5-4-6-10-21/h4-6,9-10,13-15,24,28,32H,7-8,11-12,16-17,19H2,1-3H3/t24-,28-/m0/s1. The normalized spacial score (nSPS) is 21.0. The number of nitrogens with zero attached hydrogens (tertiary/aromatic N) is 3. The lowest BCUT2D eigenvalue weighted by Gasteiger charge is -2.33. The first kappa shape index (κ1) is 24.3. The third-order valence-corrected chi connectivity index (χ3v) is 7.44. The molecule has 0 spiro atoms. The third-order valence-electron chi connectivity index (χ3n) is 7.44. The molecule has 0 bridgehead atoms. The summed E-state index contributed by atoms with van der Waals surface area (Å²) in [6.07, 6.45) is 5.67. The van der Waals surface area contributed by atoms with Crippen molar-refractivity contribution in [3.05, 3.63) is 76.6 Å². The van der Waals surface area contributed by atoms with Crippen molar-refractivity contribution < 1.29 is 9.53 Å². The summed E-state index contributed by atoms with van der Waals surface area (Å²) < 4.78 is 8.26. The van der Waals surface area contributed by atoms with Crippen molar-refractivity contribution in [1.29, 1.82) is 5.26 Å². The van der Waals surface area contributed by atoms with Gasteiger partial charge in [0.05, 0.1) is 52.6 Å². The Morgan fingerprint density at radius 1 is 1.14 bits per heavy atom. The summed E-state index contributed by atoms with van der Waals surface area (Å²) in [4.78, 5) is 12.9. The van der Waals surface area contributed by atoms with Crippen LogP contribution in [-0.4, -0.2) is 27.7 Å². The Kier molecular flexibility index (Phi) is 6.68. The lowest BCUT2D eigenvalue weighted by Crippen LogP contribution is -2.38. The van der Waals surface area contributed by atoms with Crippen molar-refractivity contribution in [3.63, 3.8) is 0 Å². The van der Waals surface area contributed by atoms with E-state index >= 15 is 0 Å². The number of aromatic nitrogens is 2. The van der Waals surface area contributed by atoms with E-state index < -0.39 is 0 Å². The van der Waals surface area contributed by atoms with Crippen molar-refractivity contribution in [2.45, 2.75) is 78.0 Å². The van der Waals surface area contributed by atoms with Gasteiger partial charge in [-0.2, -0.15) is 10.4 Å². The highest BCUT2D eigenvalue weighted by Crippen LogP contribution is 2.37. The first-order valence-electron chi connectivity index (χ1n) is 12.9. The van der Waals surface area contributed by atoms with E-state index in [0.29, 0.717) is 18.6 Å². The van der Waals surface area contributed by atoms with E-state index in [4.69, 9.17) is 9.84 Å². The van der Waals surface area contributed by atoms with Gasteiger partial charge in [0.15, 0.2) is 5.78 Å². The quantitative estimate of drug-likeness (QED) is 0.456. The van der Waals surface area contributed by atoms with Crippen LogP contribution in [0.4, 0.5) is 5.69 Å². The monoisotopic (exact) mass is 482 g/mol. The number of nitriles is 1. The molecular formula is C30H34N4O2. The topological polar surface area (TPSA) is 79.9 Å². The van der Waals surface area contributed by atoms with Gasteiger partial charge in [-0.3, -0.25) is 4.79 Å². The molecule has 0 amide bonds. The second-order valence-corrected chi connectivity index (χ2v) is 11.0. The molecule has 0 aliphatic heterocycles. The van der Waals surface area contributed by atoms with Crippen LogP contribution in [-0.2, 0) is 17.8 Å². The lowest BCUT2D eigenvalue weighted by atomic mass is 9.75. The summed E-state index contributed by atoms with van der Waals surface area (Å²) in [5.41, 5.74) is 5.81. The number of fused-ring (bicyclic) bond motifs is 1. The van der Waals surface area contributed by atoms with Crippen LogP contribution < -0.4 is 5.32 Å². The number of benzene rings is 2. The average molecular weight is 483 g/mol. The molecule has 1 N–H and O–H groups in total. The van der Waals surface area contributed by atoms with Gasteiger partial charge in [0.25, 0.3) is 0 Å². The summed E-state index contributed by atoms with van der Waals surface area (Å²) in [6, 6.07) is 18.5. The van der Waals surface area contributed by atoms with Crippen LogP contribution in [0.3, 0.4) is 0 Å². The first-order chi connectivity index (χ1) is 17.3. The van der Waals surface area contributed by atoms with E-state index in [1.54, 1.807) is 0 Å². The van der Waals surface area contributed by atoms with Crippen molar-refractivity contribution in [1.82, 2.24) is 9.78 Å². The lowest BCUT2D eigenvalue weighted by molar-refractivity contribution is 0.00883. The molecule has 1 saturated carbocycles. The predicted octanol–water partition coefficient (Wildman–Crippen LogP) is 6.15. The molecule has 6 heteroatoms. The van der Waals surface area contributed by atoms with Gasteiger partial charge in [-0.1, -0.05) is 57.0 Å². The van der Waals surface area contributed by atoms with E-state index in [1.807, 2.05) is 48.0 Å². The number of carbonyl (C=O) groups is 1. The second-order valence-electron chi connectivity index (χ2n) is 11.0. The molecule has 186 valence electrons. The summed E-state index contributed by atoms with van der Waals surface area (Å²) in [7, 11) is 0. The Balaban J connectivity index is 1.42. The Hall–Kier alpha value is -3.43. The summed E-state index contributed by atoms with van der Waals surface area (Å²) in [5.74, 6) is 0.164. The number of ketones is 1. The van der Waals surface area contributed by atoms with Gasteiger partial charge in [0.1, 0.15) is 6.07 Å². The van der Waals surface area contributed by atoms with Crippen molar-refractivity contribution in [2.24, 2.45) is 5.41 Å². The van der Waals surface area contributed by atoms with Gasteiger partial charge in [0.2, 0.25) is 0 Å². The van der Waals surface area contributed by atoms with E-state index in [2.05, 4.69) is 37.4 Å². The van der Waals surface area contributed by atoms with E-state index in [1.165, 1.54) is 0 Å². The number of hydrogen-bond donors (Lipinski definition) is 1. The van der Waals surface area contributed by atoms with Crippen LogP contribution in [0.5, 0.6) is 0 Å². The van der Waals surface area contributed by atoms with E-state index in [-0.39, 0.29) is 23.3 Å². The Morgan fingerprint density at radius 3 is 2.69 bits per heavy atom. The van der Waals surface area contributed by atoms with Crippen LogP contribution in [0.1, 0.15) is 78.8 Å². The third kappa shape index (κ3) is 4.94. The van der Waals surface area contributed by atoms with Gasteiger partial charge in [0, 0.05) is 6.42 Å². The van der Waals surface area contributed by atoms with Crippen LogP contribution in [0, 0.1) is 23.7 Å². The minimum absolute atomic E-state index is 0.0762. The van der Waals surface area contributed by atoms with Gasteiger partial charge in [-0.15, -0.1) is 0 Å². The maximum Gasteiger partial charge on any atom is 0.167 e. The summed E-state index contributed by atoms with van der Waals surface area (Å²) in [6.45, 7) is 6.75. The van der Waals surface area contributed by atoms with Gasteiger partial charge in [-0.25, -0.2) is 4.68 Å². The second kappa shape index (κ2) is 9.91. The Morgan fingerprint density at radius 2 is 1.92 bits per heavy atom. The number of hydrogen-bond acceptors (Lipinski definition) is 5. The summed E-state index contributed by atoms with van der Waals surface area (Å²) >= 11 is 0. The van der Waals surface area contributed by atoms with Crippen LogP contribution in [0.15, 0.2) is 48.5 Å².